The second-order valence-corrected chi connectivity index (χ2v) is 7.47. The van der Waals surface area contributed by atoms with Crippen LogP contribution in [0.5, 0.6) is 0 Å². The van der Waals surface area contributed by atoms with Crippen LogP contribution in [0, 0.1) is 0 Å². The standard InChI is InChI=1S/C21H30N2O/c1-17(18-9-5-3-6-10-18)22-20(24)21(13-15-23(2)16-14-21)19-11-7-4-8-12-19/h4,7-9,11-12,17H,3,5-6,10,13-16H2,1-2H3,(H,22,24)/t17-/m0/s1. The molecule has 1 fully saturated rings. The van der Waals surface area contributed by atoms with Gasteiger partial charge in [-0.25, -0.2) is 0 Å². The van der Waals surface area contributed by atoms with Gasteiger partial charge < -0.3 is 10.2 Å². The first-order valence-electron chi connectivity index (χ1n) is 9.36. The third kappa shape index (κ3) is 3.56. The van der Waals surface area contributed by atoms with Gasteiger partial charge in [-0.2, -0.15) is 0 Å². The highest BCUT2D eigenvalue weighted by Gasteiger charge is 2.42. The molecule has 2 aliphatic rings. The van der Waals surface area contributed by atoms with Crippen LogP contribution in [-0.2, 0) is 10.2 Å². The van der Waals surface area contributed by atoms with Crippen molar-refractivity contribution in [2.45, 2.75) is 56.9 Å². The van der Waals surface area contributed by atoms with Crippen LogP contribution in [0.2, 0.25) is 0 Å². The largest absolute Gasteiger partial charge is 0.349 e. The van der Waals surface area contributed by atoms with Gasteiger partial charge in [0, 0.05) is 6.04 Å². The van der Waals surface area contributed by atoms with Gasteiger partial charge in [-0.05, 0) is 71.1 Å². The molecular weight excluding hydrogens is 296 g/mol. The number of nitrogens with one attached hydrogen (secondary N) is 1. The first-order chi connectivity index (χ1) is 11.6. The number of allylic oxidation sites excluding steroid dienone is 1. The van der Waals surface area contributed by atoms with Gasteiger partial charge in [-0.15, -0.1) is 0 Å². The van der Waals surface area contributed by atoms with Gasteiger partial charge in [-0.3, -0.25) is 4.79 Å². The number of piperidine rings is 1. The van der Waals surface area contributed by atoms with Crippen molar-refractivity contribution in [1.82, 2.24) is 10.2 Å². The quantitative estimate of drug-likeness (QED) is 0.857. The van der Waals surface area contributed by atoms with Crippen LogP contribution in [0.25, 0.3) is 0 Å². The molecule has 130 valence electrons. The summed E-state index contributed by atoms with van der Waals surface area (Å²) < 4.78 is 0. The number of benzene rings is 1. The molecule has 1 atom stereocenters. The molecule has 3 heteroatoms. The average molecular weight is 326 g/mol. The third-order valence-corrected chi connectivity index (χ3v) is 5.83. The maximum Gasteiger partial charge on any atom is 0.231 e. The molecule has 0 saturated carbocycles. The van der Waals surface area contributed by atoms with Crippen LogP contribution in [-0.4, -0.2) is 37.0 Å². The summed E-state index contributed by atoms with van der Waals surface area (Å²) in [5, 5.41) is 3.35. The molecule has 0 spiro atoms. The normalized spacial score (nSPS) is 22.5. The molecule has 1 N–H and O–H groups in total. The fourth-order valence-corrected chi connectivity index (χ4v) is 4.09. The van der Waals surface area contributed by atoms with E-state index in [1.165, 1.54) is 24.0 Å². The van der Waals surface area contributed by atoms with Crippen LogP contribution in [0.15, 0.2) is 42.0 Å². The average Bonchev–Trinajstić information content (AvgIpc) is 2.64. The molecule has 1 amide bonds. The summed E-state index contributed by atoms with van der Waals surface area (Å²) in [6, 6.07) is 10.5. The van der Waals surface area contributed by atoms with E-state index in [2.05, 4.69) is 54.5 Å². The first-order valence-corrected chi connectivity index (χ1v) is 9.36. The van der Waals surface area contributed by atoms with Crippen LogP contribution in [0.3, 0.4) is 0 Å². The predicted molar refractivity (Wildman–Crippen MR) is 99.0 cm³/mol. The summed E-state index contributed by atoms with van der Waals surface area (Å²) in [4.78, 5) is 15.6. The van der Waals surface area contributed by atoms with Gasteiger partial charge in [0.15, 0.2) is 0 Å². The lowest BCUT2D eigenvalue weighted by molar-refractivity contribution is -0.129. The van der Waals surface area contributed by atoms with Crippen molar-refractivity contribution >= 4 is 5.91 Å². The zero-order valence-electron chi connectivity index (χ0n) is 15.1. The molecule has 3 nitrogen and oxygen atoms in total. The molecule has 1 aliphatic heterocycles. The summed E-state index contributed by atoms with van der Waals surface area (Å²) >= 11 is 0. The smallest absolute Gasteiger partial charge is 0.231 e. The minimum Gasteiger partial charge on any atom is -0.349 e. The Kier molecular flexibility index (Phi) is 5.40. The van der Waals surface area contributed by atoms with E-state index in [0.29, 0.717) is 0 Å². The molecule has 1 aromatic rings. The van der Waals surface area contributed by atoms with E-state index in [1.54, 1.807) is 0 Å². The number of likely N-dealkylation sites (tertiary alicyclic amines) is 1. The molecule has 0 unspecified atom stereocenters. The lowest BCUT2D eigenvalue weighted by atomic mass is 9.71. The second kappa shape index (κ2) is 7.52. The number of amides is 1. The Morgan fingerprint density at radius 3 is 2.50 bits per heavy atom. The molecule has 0 aromatic heterocycles. The highest BCUT2D eigenvalue weighted by atomic mass is 16.2. The number of rotatable bonds is 4. The van der Waals surface area contributed by atoms with Gasteiger partial charge >= 0.3 is 0 Å². The number of carbonyl (C=O) groups is 1. The minimum atomic E-state index is -0.378. The Morgan fingerprint density at radius 2 is 1.88 bits per heavy atom. The Morgan fingerprint density at radius 1 is 1.17 bits per heavy atom. The second-order valence-electron chi connectivity index (χ2n) is 7.47. The summed E-state index contributed by atoms with van der Waals surface area (Å²) in [7, 11) is 2.14. The van der Waals surface area contributed by atoms with E-state index in [9.17, 15) is 4.79 Å². The van der Waals surface area contributed by atoms with Crippen LogP contribution in [0.4, 0.5) is 0 Å². The number of hydrogen-bond acceptors (Lipinski definition) is 2. The molecule has 1 saturated heterocycles. The van der Waals surface area contributed by atoms with Crippen molar-refractivity contribution in [2.75, 3.05) is 20.1 Å². The van der Waals surface area contributed by atoms with Crippen molar-refractivity contribution < 1.29 is 4.79 Å². The summed E-state index contributed by atoms with van der Waals surface area (Å²) in [5.41, 5.74) is 2.20. The van der Waals surface area contributed by atoms with E-state index in [4.69, 9.17) is 0 Å². The Balaban J connectivity index is 1.80. The lowest BCUT2D eigenvalue weighted by Gasteiger charge is -2.40. The van der Waals surface area contributed by atoms with Gasteiger partial charge in [-0.1, -0.05) is 42.0 Å². The number of carbonyl (C=O) groups excluding carboxylic acids is 1. The maximum absolute atomic E-state index is 13.3. The van der Waals surface area contributed by atoms with Gasteiger partial charge in [0.1, 0.15) is 0 Å². The molecule has 1 aromatic carbocycles. The molecule has 1 aliphatic carbocycles. The van der Waals surface area contributed by atoms with E-state index in [1.807, 2.05) is 6.07 Å². The van der Waals surface area contributed by atoms with Gasteiger partial charge in [0.05, 0.1) is 5.41 Å². The fourth-order valence-electron chi connectivity index (χ4n) is 4.09. The van der Waals surface area contributed by atoms with E-state index < -0.39 is 0 Å². The van der Waals surface area contributed by atoms with Crippen LogP contribution in [0.1, 0.15) is 51.0 Å². The lowest BCUT2D eigenvalue weighted by Crippen LogP contribution is -2.53. The Bertz CT molecular complexity index is 585. The molecule has 1 heterocycles. The third-order valence-electron chi connectivity index (χ3n) is 5.83. The zero-order chi connectivity index (χ0) is 17.0. The van der Waals surface area contributed by atoms with Crippen molar-refractivity contribution in [3.63, 3.8) is 0 Å². The van der Waals surface area contributed by atoms with Crippen molar-refractivity contribution in [3.05, 3.63) is 47.5 Å². The zero-order valence-corrected chi connectivity index (χ0v) is 15.1. The SMILES string of the molecule is C[C@H](NC(=O)C1(c2ccccc2)CCN(C)CC1)C1=CCCCC1. The van der Waals surface area contributed by atoms with Crippen molar-refractivity contribution in [3.8, 4) is 0 Å². The summed E-state index contributed by atoms with van der Waals surface area (Å²) in [6.07, 6.45) is 8.94. The Hall–Kier alpha value is -1.61. The molecule has 0 bridgehead atoms. The first kappa shape index (κ1) is 17.2. The Labute approximate surface area is 146 Å². The highest BCUT2D eigenvalue weighted by Crippen LogP contribution is 2.36. The monoisotopic (exact) mass is 326 g/mol. The van der Waals surface area contributed by atoms with E-state index in [-0.39, 0.29) is 17.4 Å². The topological polar surface area (TPSA) is 32.3 Å². The minimum absolute atomic E-state index is 0.151. The molecule has 24 heavy (non-hydrogen) atoms. The van der Waals surface area contributed by atoms with Crippen LogP contribution < -0.4 is 5.32 Å². The van der Waals surface area contributed by atoms with Crippen molar-refractivity contribution in [2.24, 2.45) is 0 Å². The van der Waals surface area contributed by atoms with E-state index >= 15 is 0 Å². The van der Waals surface area contributed by atoms with Gasteiger partial charge in [0.2, 0.25) is 5.91 Å². The summed E-state index contributed by atoms with van der Waals surface area (Å²) in [5.74, 6) is 0.209. The predicted octanol–water partition coefficient (Wildman–Crippen LogP) is 3.66. The van der Waals surface area contributed by atoms with Gasteiger partial charge in [0.25, 0.3) is 0 Å². The van der Waals surface area contributed by atoms with E-state index in [0.717, 1.165) is 38.8 Å². The maximum atomic E-state index is 13.3. The number of hydrogen-bond donors (Lipinski definition) is 1. The molecule has 0 radical (unpaired) electrons. The highest BCUT2D eigenvalue weighted by molar-refractivity contribution is 5.89. The van der Waals surface area contributed by atoms with Crippen molar-refractivity contribution in [1.29, 1.82) is 0 Å². The number of nitrogens with zero attached hydrogens (tertiary/aromatic N) is 1. The fraction of sp³-hybridized carbons (Fsp3) is 0.571. The van der Waals surface area contributed by atoms with Crippen LogP contribution >= 0.6 is 0 Å². The summed E-state index contributed by atoms with van der Waals surface area (Å²) in [6.45, 7) is 4.08. The molecule has 3 rings (SSSR count). The molecular formula is C21H30N2O.